The quantitative estimate of drug-likeness (QED) is 0.846. The van der Waals surface area contributed by atoms with Gasteiger partial charge in [0.1, 0.15) is 5.69 Å². The minimum atomic E-state index is -0.653. The molecule has 0 bridgehead atoms. The minimum absolute atomic E-state index is 0.184. The SMILES string of the molecule is CCCCn1cc(C)nc1Nc1c(F)cc(Br)cc1F. The van der Waals surface area contributed by atoms with Crippen LogP contribution in [0.15, 0.2) is 22.8 Å². The fraction of sp³-hybridized carbons (Fsp3) is 0.357. The van der Waals surface area contributed by atoms with Gasteiger partial charge in [-0.2, -0.15) is 0 Å². The first-order chi connectivity index (χ1) is 9.51. The van der Waals surface area contributed by atoms with E-state index in [1.165, 1.54) is 12.1 Å². The highest BCUT2D eigenvalue weighted by Crippen LogP contribution is 2.26. The van der Waals surface area contributed by atoms with Crippen LogP contribution >= 0.6 is 15.9 Å². The molecule has 0 fully saturated rings. The number of aromatic nitrogens is 2. The number of aryl methyl sites for hydroxylation is 2. The molecule has 0 atom stereocenters. The second kappa shape index (κ2) is 6.35. The Labute approximate surface area is 125 Å². The van der Waals surface area contributed by atoms with Crippen molar-refractivity contribution in [3.8, 4) is 0 Å². The Kier molecular flexibility index (Phi) is 4.75. The van der Waals surface area contributed by atoms with Gasteiger partial charge in [-0.15, -0.1) is 0 Å². The number of nitrogens with one attached hydrogen (secondary N) is 1. The van der Waals surface area contributed by atoms with Crippen LogP contribution in [0.3, 0.4) is 0 Å². The molecule has 20 heavy (non-hydrogen) atoms. The summed E-state index contributed by atoms with van der Waals surface area (Å²) in [6.07, 6.45) is 3.89. The molecule has 1 N–H and O–H groups in total. The number of nitrogens with zero attached hydrogens (tertiary/aromatic N) is 2. The van der Waals surface area contributed by atoms with E-state index in [2.05, 4.69) is 33.2 Å². The summed E-state index contributed by atoms with van der Waals surface area (Å²) in [5.74, 6) is -0.852. The summed E-state index contributed by atoms with van der Waals surface area (Å²) < 4.78 is 29.9. The van der Waals surface area contributed by atoms with E-state index < -0.39 is 11.6 Å². The largest absolute Gasteiger partial charge is 0.321 e. The van der Waals surface area contributed by atoms with Crippen LogP contribution in [0, 0.1) is 18.6 Å². The lowest BCUT2D eigenvalue weighted by atomic mass is 10.3. The van der Waals surface area contributed by atoms with Crippen molar-refractivity contribution in [3.63, 3.8) is 0 Å². The van der Waals surface area contributed by atoms with Crippen molar-refractivity contribution in [1.29, 1.82) is 0 Å². The number of halogens is 3. The fourth-order valence-corrected chi connectivity index (χ4v) is 2.32. The lowest BCUT2D eigenvalue weighted by Gasteiger charge is -2.11. The van der Waals surface area contributed by atoms with Crippen LogP contribution in [0.25, 0.3) is 0 Å². The van der Waals surface area contributed by atoms with E-state index in [0.717, 1.165) is 25.1 Å². The summed E-state index contributed by atoms with van der Waals surface area (Å²) in [7, 11) is 0. The van der Waals surface area contributed by atoms with Gasteiger partial charge in [0.2, 0.25) is 5.95 Å². The van der Waals surface area contributed by atoms with Crippen LogP contribution in [0.1, 0.15) is 25.5 Å². The molecule has 0 aliphatic heterocycles. The summed E-state index contributed by atoms with van der Waals surface area (Å²) in [5, 5.41) is 2.75. The van der Waals surface area contributed by atoms with Crippen LogP contribution in [0.5, 0.6) is 0 Å². The van der Waals surface area contributed by atoms with Crippen LogP contribution < -0.4 is 5.32 Å². The highest BCUT2D eigenvalue weighted by atomic mass is 79.9. The molecule has 0 amide bonds. The number of unbranched alkanes of at least 4 members (excludes halogenated alkanes) is 1. The molecule has 1 aromatic carbocycles. The van der Waals surface area contributed by atoms with E-state index in [0.29, 0.717) is 10.4 Å². The second-order valence-corrected chi connectivity index (χ2v) is 5.54. The molecule has 2 aromatic rings. The molecule has 0 aliphatic rings. The smallest absolute Gasteiger partial charge is 0.207 e. The van der Waals surface area contributed by atoms with Crippen LogP contribution in [0.2, 0.25) is 0 Å². The molecule has 0 radical (unpaired) electrons. The average Bonchev–Trinajstić information content (AvgIpc) is 2.71. The zero-order chi connectivity index (χ0) is 14.7. The Bertz CT molecular complexity index is 587. The first-order valence-corrected chi connectivity index (χ1v) is 7.26. The van der Waals surface area contributed by atoms with Crippen LogP contribution in [-0.4, -0.2) is 9.55 Å². The molecule has 108 valence electrons. The lowest BCUT2D eigenvalue weighted by molar-refractivity contribution is 0.587. The number of anilines is 2. The summed E-state index contributed by atoms with van der Waals surface area (Å²) in [6, 6.07) is 2.44. The van der Waals surface area contributed by atoms with Gasteiger partial charge in [-0.05, 0) is 25.5 Å². The molecule has 0 aliphatic carbocycles. The van der Waals surface area contributed by atoms with E-state index in [9.17, 15) is 8.78 Å². The number of hydrogen-bond donors (Lipinski definition) is 1. The van der Waals surface area contributed by atoms with Gasteiger partial charge in [0.15, 0.2) is 11.6 Å². The molecule has 0 saturated heterocycles. The van der Waals surface area contributed by atoms with Gasteiger partial charge < -0.3 is 9.88 Å². The van der Waals surface area contributed by atoms with E-state index >= 15 is 0 Å². The van der Waals surface area contributed by atoms with E-state index in [1.54, 1.807) is 0 Å². The number of imidazole rings is 1. The van der Waals surface area contributed by atoms with Crippen molar-refractivity contribution in [2.45, 2.75) is 33.2 Å². The van der Waals surface area contributed by atoms with Crippen molar-refractivity contribution in [1.82, 2.24) is 9.55 Å². The Morgan fingerprint density at radius 2 is 1.95 bits per heavy atom. The van der Waals surface area contributed by atoms with Crippen molar-refractivity contribution < 1.29 is 8.78 Å². The molecule has 0 spiro atoms. The third-order valence-corrected chi connectivity index (χ3v) is 3.35. The number of benzene rings is 1. The molecule has 1 aromatic heterocycles. The van der Waals surface area contributed by atoms with E-state index in [-0.39, 0.29) is 5.69 Å². The summed E-state index contributed by atoms with van der Waals surface area (Å²) >= 11 is 3.06. The Balaban J connectivity index is 2.30. The zero-order valence-electron chi connectivity index (χ0n) is 11.4. The maximum Gasteiger partial charge on any atom is 0.207 e. The summed E-state index contributed by atoms with van der Waals surface area (Å²) in [5.41, 5.74) is 0.623. The third-order valence-electron chi connectivity index (χ3n) is 2.89. The van der Waals surface area contributed by atoms with Gasteiger partial charge in [-0.1, -0.05) is 29.3 Å². The topological polar surface area (TPSA) is 29.9 Å². The standard InChI is InChI=1S/C14H16BrF2N3/c1-3-4-5-20-8-9(2)18-14(20)19-13-11(16)6-10(15)7-12(13)17/h6-8H,3-5H2,1-2H3,(H,18,19). The van der Waals surface area contributed by atoms with Crippen LogP contribution in [-0.2, 0) is 6.54 Å². The first kappa shape index (κ1) is 15.0. The molecule has 0 unspecified atom stereocenters. The van der Waals surface area contributed by atoms with Crippen molar-refractivity contribution in [3.05, 3.63) is 40.1 Å². The zero-order valence-corrected chi connectivity index (χ0v) is 13.0. The Morgan fingerprint density at radius 1 is 1.30 bits per heavy atom. The maximum absolute atomic E-state index is 13.8. The van der Waals surface area contributed by atoms with Gasteiger partial charge in [0, 0.05) is 17.2 Å². The molecule has 6 heteroatoms. The summed E-state index contributed by atoms with van der Waals surface area (Å²) in [6.45, 7) is 4.70. The summed E-state index contributed by atoms with van der Waals surface area (Å²) in [4.78, 5) is 4.27. The number of rotatable bonds is 5. The fourth-order valence-electron chi connectivity index (χ4n) is 1.92. The normalized spacial score (nSPS) is 10.8. The average molecular weight is 344 g/mol. The molecule has 0 saturated carbocycles. The Hall–Kier alpha value is -1.43. The maximum atomic E-state index is 13.8. The van der Waals surface area contributed by atoms with Gasteiger partial charge in [-0.25, -0.2) is 13.8 Å². The van der Waals surface area contributed by atoms with Gasteiger partial charge >= 0.3 is 0 Å². The van der Waals surface area contributed by atoms with Gasteiger partial charge in [-0.3, -0.25) is 0 Å². The van der Waals surface area contributed by atoms with Crippen molar-refractivity contribution in [2.24, 2.45) is 0 Å². The van der Waals surface area contributed by atoms with Crippen molar-refractivity contribution in [2.75, 3.05) is 5.32 Å². The monoisotopic (exact) mass is 343 g/mol. The van der Waals surface area contributed by atoms with Crippen molar-refractivity contribution >= 4 is 27.6 Å². The molecule has 2 rings (SSSR count). The van der Waals surface area contributed by atoms with Gasteiger partial charge in [0.25, 0.3) is 0 Å². The molecule has 3 nitrogen and oxygen atoms in total. The third kappa shape index (κ3) is 3.36. The molecular weight excluding hydrogens is 328 g/mol. The highest BCUT2D eigenvalue weighted by molar-refractivity contribution is 9.10. The Morgan fingerprint density at radius 3 is 2.55 bits per heavy atom. The van der Waals surface area contributed by atoms with E-state index in [1.807, 2.05) is 17.7 Å². The predicted octanol–water partition coefficient (Wildman–Crippen LogP) is 4.78. The highest BCUT2D eigenvalue weighted by Gasteiger charge is 2.14. The van der Waals surface area contributed by atoms with Gasteiger partial charge in [0.05, 0.1) is 5.69 Å². The number of hydrogen-bond acceptors (Lipinski definition) is 2. The predicted molar refractivity (Wildman–Crippen MR) is 79.2 cm³/mol. The molecule has 1 heterocycles. The molecular formula is C14H16BrF2N3. The lowest BCUT2D eigenvalue weighted by Crippen LogP contribution is -2.06. The minimum Gasteiger partial charge on any atom is -0.321 e. The van der Waals surface area contributed by atoms with Crippen LogP contribution in [0.4, 0.5) is 20.4 Å². The van der Waals surface area contributed by atoms with E-state index in [4.69, 9.17) is 0 Å². The second-order valence-electron chi connectivity index (χ2n) is 4.62. The first-order valence-electron chi connectivity index (χ1n) is 6.46.